The van der Waals surface area contributed by atoms with E-state index in [4.69, 9.17) is 52.1 Å². The third kappa shape index (κ3) is 13.2. The molecule has 74 heavy (non-hydrogen) atoms. The van der Waals surface area contributed by atoms with Crippen LogP contribution in [-0.4, -0.2) is 317 Å². The summed E-state index contributed by atoms with van der Waals surface area (Å²) < 4.78 is 64.7. The van der Waals surface area contributed by atoms with Crippen molar-refractivity contribution >= 4 is 17.7 Å². The van der Waals surface area contributed by atoms with Gasteiger partial charge in [-0.15, -0.1) is 0 Å². The van der Waals surface area contributed by atoms with Gasteiger partial charge in [0.25, 0.3) is 0 Å². The standard InChI is InChI=1S/C41H69N3O30/c1-10(50)42-19-27(59)31(17(7-48)65-36(19)63)70-38-21(44-12(3)52)28(60)32(18(8-49)69-38)71-41-35(74-39-30(62)22(54)13(53)9-64-39)33(25(57)16(6-47)68-41)72-40-34(29(61)24(56)15(5-46)67-40)73-37-20(43-11(2)51)26(58)23(55)14(4-45)66-37/h13-41,45-49,53-63H,4-9H2,1-3H3,(H,42,50)(H,43,51)(H,44,52)/t13-,14-,15-,16-,17-,18-,19-,20-,21-,22+,23-,24-,25-,26-,27-,28-,29+,30-,31-,32-,33+,34+,35+,36?,37+,38+,39+,40-,41+/m1/s1. The second kappa shape index (κ2) is 26.3. The van der Waals surface area contributed by atoms with Crippen LogP contribution in [0.2, 0.25) is 0 Å². The van der Waals surface area contributed by atoms with E-state index < -0.39 is 235 Å². The number of carbonyl (C=O) groups excluding carboxylic acids is 3. The Balaban J connectivity index is 1.37. The molecule has 6 heterocycles. The van der Waals surface area contributed by atoms with E-state index in [1.165, 1.54) is 0 Å². The molecule has 6 aliphatic rings. The topological polar surface area (TPSA) is 513 Å². The summed E-state index contributed by atoms with van der Waals surface area (Å²) in [6, 6.07) is -4.98. The molecule has 0 radical (unpaired) electrons. The number of aliphatic hydroxyl groups is 16. The molecule has 6 aliphatic heterocycles. The lowest BCUT2D eigenvalue weighted by atomic mass is 9.93. The van der Waals surface area contributed by atoms with Crippen LogP contribution in [0.3, 0.4) is 0 Å². The molecule has 428 valence electrons. The number of amides is 3. The molecule has 0 aliphatic carbocycles. The van der Waals surface area contributed by atoms with Gasteiger partial charge in [0.15, 0.2) is 37.7 Å². The van der Waals surface area contributed by atoms with Gasteiger partial charge in [0.05, 0.1) is 39.6 Å². The summed E-state index contributed by atoms with van der Waals surface area (Å²) in [5, 5.41) is 180. The van der Waals surface area contributed by atoms with E-state index in [-0.39, 0.29) is 0 Å². The predicted octanol–water partition coefficient (Wildman–Crippen LogP) is -13.0. The Labute approximate surface area is 419 Å². The third-order valence-electron chi connectivity index (χ3n) is 13.2. The highest BCUT2D eigenvalue weighted by atomic mass is 16.8. The van der Waals surface area contributed by atoms with Gasteiger partial charge >= 0.3 is 0 Å². The van der Waals surface area contributed by atoms with Gasteiger partial charge in [0.2, 0.25) is 17.7 Å². The minimum absolute atomic E-state index is 0.685. The molecule has 0 spiro atoms. The molecule has 1 unspecified atom stereocenters. The first-order valence-electron chi connectivity index (χ1n) is 23.5. The van der Waals surface area contributed by atoms with Gasteiger partial charge < -0.3 is 150 Å². The monoisotopic (exact) mass is 1080 g/mol. The Morgan fingerprint density at radius 3 is 1.28 bits per heavy atom. The fourth-order valence-electron chi connectivity index (χ4n) is 9.40. The minimum Gasteiger partial charge on any atom is -0.394 e. The molecule has 33 heteroatoms. The Morgan fingerprint density at radius 1 is 0.378 bits per heavy atom. The smallest absolute Gasteiger partial charge is 0.217 e. The highest BCUT2D eigenvalue weighted by Gasteiger charge is 2.59. The Bertz CT molecular complexity index is 1820. The molecule has 0 aromatic rings. The molecule has 29 atom stereocenters. The molecule has 0 aromatic carbocycles. The molecule has 19 N–H and O–H groups in total. The molecule has 0 bridgehead atoms. The zero-order chi connectivity index (χ0) is 54.6. The van der Waals surface area contributed by atoms with Crippen LogP contribution < -0.4 is 16.0 Å². The maximum Gasteiger partial charge on any atom is 0.217 e. The van der Waals surface area contributed by atoms with Crippen LogP contribution in [0.5, 0.6) is 0 Å². The van der Waals surface area contributed by atoms with Crippen LogP contribution in [0.15, 0.2) is 0 Å². The average Bonchev–Trinajstić information content (AvgIpc) is 3.35. The normalized spacial score (nSPS) is 48.1. The van der Waals surface area contributed by atoms with Gasteiger partial charge in [-0.25, -0.2) is 0 Å². The van der Waals surface area contributed by atoms with E-state index in [2.05, 4.69) is 16.0 Å². The molecule has 3 amide bonds. The molecular formula is C41H69N3O30. The summed E-state index contributed by atoms with van der Waals surface area (Å²) >= 11 is 0. The number of rotatable bonds is 18. The first kappa shape index (κ1) is 60.6. The van der Waals surface area contributed by atoms with Crippen molar-refractivity contribution < 1.29 is 148 Å². The lowest BCUT2D eigenvalue weighted by Crippen LogP contribution is -2.71. The van der Waals surface area contributed by atoms with Gasteiger partial charge in [-0.3, -0.25) is 14.4 Å². The van der Waals surface area contributed by atoms with Crippen molar-refractivity contribution in [2.45, 2.75) is 199 Å². The van der Waals surface area contributed by atoms with Crippen LogP contribution >= 0.6 is 0 Å². The average molecular weight is 1080 g/mol. The zero-order valence-corrected chi connectivity index (χ0v) is 39.9. The Morgan fingerprint density at radius 2 is 0.757 bits per heavy atom. The number of nitrogens with one attached hydrogen (secondary N) is 3. The summed E-state index contributed by atoms with van der Waals surface area (Å²) in [4.78, 5) is 36.8. The van der Waals surface area contributed by atoms with E-state index >= 15 is 0 Å². The van der Waals surface area contributed by atoms with E-state index in [0.717, 1.165) is 20.8 Å². The van der Waals surface area contributed by atoms with Crippen molar-refractivity contribution in [2.75, 3.05) is 39.6 Å². The molecule has 6 rings (SSSR count). The number of hydrogen-bond acceptors (Lipinski definition) is 30. The van der Waals surface area contributed by atoms with Crippen molar-refractivity contribution in [3.63, 3.8) is 0 Å². The summed E-state index contributed by atoms with van der Waals surface area (Å²) in [6.45, 7) is -2.58. The van der Waals surface area contributed by atoms with Gasteiger partial charge in [-0.2, -0.15) is 0 Å². The highest BCUT2D eigenvalue weighted by molar-refractivity contribution is 5.74. The van der Waals surface area contributed by atoms with Gasteiger partial charge in [-0.1, -0.05) is 0 Å². The van der Waals surface area contributed by atoms with Crippen molar-refractivity contribution in [2.24, 2.45) is 0 Å². The van der Waals surface area contributed by atoms with Crippen molar-refractivity contribution in [3.05, 3.63) is 0 Å². The Hall–Kier alpha value is -2.67. The van der Waals surface area contributed by atoms with Crippen LogP contribution in [0, 0.1) is 0 Å². The SMILES string of the molecule is CC(=O)N[C@H]1[C@H](O[C@H]2[C@H](O)[C@@H](NC(C)=O)C(O)O[C@@H]2CO)O[C@H](CO)[C@@H](O[C@@H]2O[C@H](CO)[C@@H](O)[C@H](O[C@H]3O[C@H](CO)[C@@H](O)[C@H](O)[C@@H]3O[C@@H]3O[C@H](CO)[C@@H](O)[C@H](O)[C@H]3NC(C)=O)[C@@H]2O[C@@H]2OC[C@@H](O)[C@H](O)[C@H]2O)[C@@H]1O. The first-order valence-corrected chi connectivity index (χ1v) is 23.5. The third-order valence-corrected chi connectivity index (χ3v) is 13.2. The summed E-state index contributed by atoms with van der Waals surface area (Å²) in [5.41, 5.74) is 0. The Kier molecular flexibility index (Phi) is 21.5. The molecule has 33 nitrogen and oxygen atoms in total. The molecule has 6 fully saturated rings. The predicted molar refractivity (Wildman–Crippen MR) is 228 cm³/mol. The van der Waals surface area contributed by atoms with Crippen LogP contribution in [-0.2, 0) is 66.5 Å². The van der Waals surface area contributed by atoms with E-state index in [1.54, 1.807) is 0 Å². The van der Waals surface area contributed by atoms with Crippen molar-refractivity contribution in [1.29, 1.82) is 0 Å². The van der Waals surface area contributed by atoms with Crippen LogP contribution in [0.4, 0.5) is 0 Å². The zero-order valence-electron chi connectivity index (χ0n) is 39.9. The second-order valence-corrected chi connectivity index (χ2v) is 18.5. The number of hydrogen-bond donors (Lipinski definition) is 19. The fraction of sp³-hybridized carbons (Fsp3) is 0.927. The van der Waals surface area contributed by atoms with Gasteiger partial charge in [-0.05, 0) is 0 Å². The van der Waals surface area contributed by atoms with Crippen molar-refractivity contribution in [1.82, 2.24) is 16.0 Å². The van der Waals surface area contributed by atoms with Crippen LogP contribution in [0.25, 0.3) is 0 Å². The maximum absolute atomic E-state index is 12.7. The second-order valence-electron chi connectivity index (χ2n) is 18.5. The maximum atomic E-state index is 12.7. The fourth-order valence-corrected chi connectivity index (χ4v) is 9.40. The summed E-state index contributed by atoms with van der Waals surface area (Å²) in [5.74, 6) is -2.35. The highest BCUT2D eigenvalue weighted by Crippen LogP contribution is 2.38. The molecular weight excluding hydrogens is 1010 g/mol. The molecule has 0 aromatic heterocycles. The van der Waals surface area contributed by atoms with Gasteiger partial charge in [0, 0.05) is 20.8 Å². The molecule has 6 saturated heterocycles. The minimum atomic E-state index is -2.17. The lowest BCUT2D eigenvalue weighted by molar-refractivity contribution is -0.408. The lowest BCUT2D eigenvalue weighted by Gasteiger charge is -2.51. The van der Waals surface area contributed by atoms with E-state index in [9.17, 15) is 96.1 Å². The number of aliphatic hydroxyl groups excluding tert-OH is 16. The molecule has 0 saturated carbocycles. The summed E-state index contributed by atoms with van der Waals surface area (Å²) in [7, 11) is 0. The summed E-state index contributed by atoms with van der Waals surface area (Å²) in [6.07, 6.45) is -50.1. The van der Waals surface area contributed by atoms with Crippen LogP contribution in [0.1, 0.15) is 20.8 Å². The number of ether oxygens (including phenoxy) is 11. The first-order chi connectivity index (χ1) is 35.0. The van der Waals surface area contributed by atoms with E-state index in [0.29, 0.717) is 0 Å². The van der Waals surface area contributed by atoms with Crippen molar-refractivity contribution in [3.8, 4) is 0 Å². The number of carbonyl (C=O) groups is 3. The van der Waals surface area contributed by atoms with Gasteiger partial charge in [0.1, 0.15) is 140 Å². The quantitative estimate of drug-likeness (QED) is 0.0606. The largest absolute Gasteiger partial charge is 0.394 e. The van der Waals surface area contributed by atoms with E-state index in [1.807, 2.05) is 0 Å².